The molecular weight excluding hydrogens is 308 g/mol. The minimum atomic E-state index is -0.0356. The fraction of sp³-hybridized carbons (Fsp3) is 0.273. The number of allylic oxidation sites excluding steroid dienone is 6. The number of hydrogen-bond donors (Lipinski definition) is 1. The molecule has 126 valence electrons. The van der Waals surface area contributed by atoms with Crippen LogP contribution in [0.2, 0.25) is 0 Å². The number of hydrazone groups is 1. The van der Waals surface area contributed by atoms with Crippen molar-refractivity contribution in [1.82, 2.24) is 5.43 Å². The molecule has 1 aromatic carbocycles. The van der Waals surface area contributed by atoms with Gasteiger partial charge in [-0.15, -0.1) is 0 Å². The van der Waals surface area contributed by atoms with Gasteiger partial charge >= 0.3 is 0 Å². The van der Waals surface area contributed by atoms with Crippen molar-refractivity contribution in [1.29, 1.82) is 0 Å². The van der Waals surface area contributed by atoms with Crippen molar-refractivity contribution in [2.75, 3.05) is 0 Å². The van der Waals surface area contributed by atoms with E-state index in [0.29, 0.717) is 11.8 Å². The van der Waals surface area contributed by atoms with Crippen molar-refractivity contribution in [3.8, 4) is 0 Å². The van der Waals surface area contributed by atoms with Crippen LogP contribution in [0.4, 0.5) is 0 Å². The van der Waals surface area contributed by atoms with E-state index in [1.807, 2.05) is 13.8 Å². The molecule has 3 aliphatic carbocycles. The second-order valence-electron chi connectivity index (χ2n) is 6.91. The summed E-state index contributed by atoms with van der Waals surface area (Å²) in [6.07, 6.45) is 18.1. The van der Waals surface area contributed by atoms with E-state index in [1.165, 1.54) is 22.3 Å². The molecule has 3 atom stereocenters. The molecule has 3 heteroatoms. The van der Waals surface area contributed by atoms with Crippen LogP contribution < -0.4 is 5.43 Å². The first-order chi connectivity index (χ1) is 12.2. The van der Waals surface area contributed by atoms with Gasteiger partial charge in [0, 0.05) is 23.3 Å². The van der Waals surface area contributed by atoms with E-state index < -0.39 is 0 Å². The van der Waals surface area contributed by atoms with Crippen molar-refractivity contribution in [2.24, 2.45) is 16.9 Å². The average molecular weight is 330 g/mol. The average Bonchev–Trinajstić information content (AvgIpc) is 2.66. The summed E-state index contributed by atoms with van der Waals surface area (Å²) in [5.41, 5.74) is 8.93. The van der Waals surface area contributed by atoms with Crippen LogP contribution in [0.1, 0.15) is 48.4 Å². The Kier molecular flexibility index (Phi) is 4.00. The third kappa shape index (κ3) is 2.70. The van der Waals surface area contributed by atoms with Gasteiger partial charge in [0.05, 0.1) is 6.21 Å². The number of hydrogen-bond acceptors (Lipinski definition) is 2. The van der Waals surface area contributed by atoms with Crippen LogP contribution in [0.15, 0.2) is 53.2 Å². The lowest BCUT2D eigenvalue weighted by Crippen LogP contribution is -2.24. The van der Waals surface area contributed by atoms with Gasteiger partial charge in [0.2, 0.25) is 5.91 Å². The van der Waals surface area contributed by atoms with E-state index in [2.05, 4.69) is 65.2 Å². The molecule has 0 saturated carbocycles. The van der Waals surface area contributed by atoms with Gasteiger partial charge in [-0.05, 0) is 28.7 Å². The predicted molar refractivity (Wildman–Crippen MR) is 103 cm³/mol. The summed E-state index contributed by atoms with van der Waals surface area (Å²) in [7, 11) is 0. The van der Waals surface area contributed by atoms with Gasteiger partial charge in [-0.3, -0.25) is 4.79 Å². The molecule has 3 unspecified atom stereocenters. The SMILES string of the molecule is CCC(C)C(=O)N/N=C/c1ccc2c3c1C=CC1C=CC=C(C=C2)C31. The number of rotatable bonds is 4. The largest absolute Gasteiger partial charge is 0.273 e. The quantitative estimate of drug-likeness (QED) is 0.644. The standard InChI is InChI=1S/C22H22N2O/c1-3-14(2)22(25)24-23-13-18-10-9-17-8-7-15-5-4-6-16-11-12-19(18)21(17)20(15)16/h4-14,16,20H,3H2,1-2H3,(H,24,25)/b23-13+. The molecule has 1 amide bonds. The Labute approximate surface area is 148 Å². The maximum Gasteiger partial charge on any atom is 0.242 e. The number of nitrogens with one attached hydrogen (secondary N) is 1. The second-order valence-corrected chi connectivity index (χ2v) is 6.91. The van der Waals surface area contributed by atoms with Gasteiger partial charge in [0.1, 0.15) is 0 Å². The summed E-state index contributed by atoms with van der Waals surface area (Å²) in [4.78, 5) is 11.9. The Morgan fingerprint density at radius 2 is 2.16 bits per heavy atom. The van der Waals surface area contributed by atoms with E-state index in [-0.39, 0.29) is 11.8 Å². The zero-order valence-electron chi connectivity index (χ0n) is 14.6. The molecule has 0 aromatic heterocycles. The summed E-state index contributed by atoms with van der Waals surface area (Å²) in [6.45, 7) is 3.91. The topological polar surface area (TPSA) is 41.5 Å². The molecule has 4 rings (SSSR count). The zero-order chi connectivity index (χ0) is 17.4. The highest BCUT2D eigenvalue weighted by molar-refractivity contribution is 5.90. The second kappa shape index (κ2) is 6.32. The number of carbonyl (C=O) groups excluding carboxylic acids is 1. The number of amides is 1. The lowest BCUT2D eigenvalue weighted by atomic mass is 9.68. The maximum atomic E-state index is 11.9. The molecule has 0 fully saturated rings. The van der Waals surface area contributed by atoms with Crippen molar-refractivity contribution in [3.63, 3.8) is 0 Å². The molecule has 25 heavy (non-hydrogen) atoms. The molecule has 0 bridgehead atoms. The third-order valence-corrected chi connectivity index (χ3v) is 5.41. The van der Waals surface area contributed by atoms with Crippen molar-refractivity contribution in [3.05, 3.63) is 70.3 Å². The first kappa shape index (κ1) is 15.8. The van der Waals surface area contributed by atoms with Crippen molar-refractivity contribution in [2.45, 2.75) is 26.2 Å². The minimum absolute atomic E-state index is 0.0217. The fourth-order valence-electron chi connectivity index (χ4n) is 3.74. The Bertz CT molecular complexity index is 870. The fourth-order valence-corrected chi connectivity index (χ4v) is 3.74. The minimum Gasteiger partial charge on any atom is -0.273 e. The van der Waals surface area contributed by atoms with Crippen LogP contribution in [-0.2, 0) is 4.79 Å². The zero-order valence-corrected chi connectivity index (χ0v) is 14.6. The normalized spacial score (nSPS) is 23.4. The predicted octanol–water partition coefficient (Wildman–Crippen LogP) is 4.43. The molecular formula is C22H22N2O. The van der Waals surface area contributed by atoms with Crippen LogP contribution in [-0.4, -0.2) is 12.1 Å². The monoisotopic (exact) mass is 330 g/mol. The maximum absolute atomic E-state index is 11.9. The Morgan fingerprint density at radius 1 is 1.28 bits per heavy atom. The summed E-state index contributed by atoms with van der Waals surface area (Å²) >= 11 is 0. The smallest absolute Gasteiger partial charge is 0.242 e. The van der Waals surface area contributed by atoms with E-state index in [4.69, 9.17) is 0 Å². The van der Waals surface area contributed by atoms with Crippen molar-refractivity contribution >= 4 is 24.3 Å². The van der Waals surface area contributed by atoms with Crippen LogP contribution in [0.5, 0.6) is 0 Å². The van der Waals surface area contributed by atoms with Gasteiger partial charge in [0.25, 0.3) is 0 Å². The van der Waals surface area contributed by atoms with E-state index >= 15 is 0 Å². The first-order valence-electron chi connectivity index (χ1n) is 8.93. The third-order valence-electron chi connectivity index (χ3n) is 5.41. The molecule has 3 nitrogen and oxygen atoms in total. The van der Waals surface area contributed by atoms with E-state index in [0.717, 1.165) is 12.0 Å². The van der Waals surface area contributed by atoms with Gasteiger partial charge in [-0.1, -0.05) is 68.5 Å². The Morgan fingerprint density at radius 3 is 3.00 bits per heavy atom. The first-order valence-corrected chi connectivity index (χ1v) is 8.93. The summed E-state index contributed by atoms with van der Waals surface area (Å²) in [5.74, 6) is 0.764. The Balaban J connectivity index is 1.68. The van der Waals surface area contributed by atoms with Crippen LogP contribution in [0.3, 0.4) is 0 Å². The molecule has 0 spiro atoms. The summed E-state index contributed by atoms with van der Waals surface area (Å²) < 4.78 is 0. The van der Waals surface area contributed by atoms with Gasteiger partial charge in [-0.2, -0.15) is 5.10 Å². The molecule has 0 radical (unpaired) electrons. The summed E-state index contributed by atoms with van der Waals surface area (Å²) in [6, 6.07) is 4.23. The van der Waals surface area contributed by atoms with Crippen LogP contribution in [0.25, 0.3) is 12.2 Å². The van der Waals surface area contributed by atoms with Gasteiger partial charge in [0.15, 0.2) is 0 Å². The molecule has 0 heterocycles. The molecule has 1 aromatic rings. The van der Waals surface area contributed by atoms with E-state index in [9.17, 15) is 4.79 Å². The number of nitrogens with zero attached hydrogens (tertiary/aromatic N) is 1. The van der Waals surface area contributed by atoms with Crippen LogP contribution in [0, 0.1) is 11.8 Å². The highest BCUT2D eigenvalue weighted by Gasteiger charge is 2.32. The number of carbonyl (C=O) groups is 1. The van der Waals surface area contributed by atoms with Gasteiger partial charge in [-0.25, -0.2) is 5.43 Å². The van der Waals surface area contributed by atoms with Crippen LogP contribution >= 0.6 is 0 Å². The highest BCUT2D eigenvalue weighted by Crippen LogP contribution is 2.47. The molecule has 1 N–H and O–H groups in total. The summed E-state index contributed by atoms with van der Waals surface area (Å²) in [5, 5.41) is 4.18. The Hall–Kier alpha value is -2.68. The van der Waals surface area contributed by atoms with Crippen molar-refractivity contribution < 1.29 is 4.79 Å². The van der Waals surface area contributed by atoms with E-state index in [1.54, 1.807) is 6.21 Å². The highest BCUT2D eigenvalue weighted by atomic mass is 16.2. The lowest BCUT2D eigenvalue weighted by molar-refractivity contribution is -0.124. The number of benzene rings is 1. The molecule has 3 aliphatic rings. The molecule has 0 saturated heterocycles. The lowest BCUT2D eigenvalue weighted by Gasteiger charge is -2.35. The van der Waals surface area contributed by atoms with Gasteiger partial charge < -0.3 is 0 Å². The molecule has 0 aliphatic heterocycles.